The zero-order chi connectivity index (χ0) is 12.6. The molecule has 0 saturated carbocycles. The molecule has 0 unspecified atom stereocenters. The Morgan fingerprint density at radius 3 is 2.41 bits per heavy atom. The molecular weight excluding hydrogens is 212 g/mol. The number of aromatic amines is 1. The average molecular weight is 232 g/mol. The molecule has 1 N–H and O–H groups in total. The summed E-state index contributed by atoms with van der Waals surface area (Å²) in [7, 11) is 1.95. The van der Waals surface area contributed by atoms with Gasteiger partial charge in [0.05, 0.1) is 11.4 Å². The second-order valence-corrected chi connectivity index (χ2v) is 5.12. The van der Waals surface area contributed by atoms with Gasteiger partial charge in [-0.15, -0.1) is 0 Å². The Morgan fingerprint density at radius 2 is 1.88 bits per heavy atom. The number of hydrogen-bond acceptors (Lipinski definition) is 2. The van der Waals surface area contributed by atoms with Crippen molar-refractivity contribution in [2.75, 3.05) is 0 Å². The number of H-pyrrole nitrogens is 1. The van der Waals surface area contributed by atoms with Crippen LogP contribution in [-0.2, 0) is 7.05 Å². The monoisotopic (exact) mass is 232 g/mol. The van der Waals surface area contributed by atoms with E-state index in [9.17, 15) is 0 Å². The van der Waals surface area contributed by atoms with Crippen LogP contribution in [0.15, 0.2) is 12.3 Å². The van der Waals surface area contributed by atoms with E-state index in [0.717, 1.165) is 17.0 Å². The van der Waals surface area contributed by atoms with E-state index in [0.29, 0.717) is 11.8 Å². The standard InChI is InChI=1S/C13H20N4/c1-8(2)11-6-12(15-14-11)10-7-17(5)16-13(10)9(3)4/h6-9H,1-5H3,(H,14,15). The molecule has 0 aromatic carbocycles. The first-order chi connectivity index (χ1) is 7.99. The third kappa shape index (κ3) is 2.25. The van der Waals surface area contributed by atoms with Gasteiger partial charge in [-0.25, -0.2) is 0 Å². The number of aromatic nitrogens is 4. The van der Waals surface area contributed by atoms with Gasteiger partial charge in [-0.2, -0.15) is 10.2 Å². The SMILES string of the molecule is CC(C)c1cc(-c2cn(C)nc2C(C)C)n[nH]1. The summed E-state index contributed by atoms with van der Waals surface area (Å²) >= 11 is 0. The topological polar surface area (TPSA) is 46.5 Å². The number of hydrogen-bond donors (Lipinski definition) is 1. The lowest BCUT2D eigenvalue weighted by Crippen LogP contribution is -1.93. The van der Waals surface area contributed by atoms with Gasteiger partial charge in [0.25, 0.3) is 0 Å². The maximum Gasteiger partial charge on any atom is 0.0958 e. The Kier molecular flexibility index (Phi) is 3.05. The van der Waals surface area contributed by atoms with Crippen LogP contribution in [0.25, 0.3) is 11.3 Å². The average Bonchev–Trinajstić information content (AvgIpc) is 2.82. The minimum atomic E-state index is 0.408. The van der Waals surface area contributed by atoms with Gasteiger partial charge in [0, 0.05) is 24.5 Å². The zero-order valence-corrected chi connectivity index (χ0v) is 11.2. The molecule has 2 heterocycles. The molecule has 0 atom stereocenters. The van der Waals surface area contributed by atoms with Crippen LogP contribution in [0.2, 0.25) is 0 Å². The number of nitrogens with zero attached hydrogens (tertiary/aromatic N) is 3. The largest absolute Gasteiger partial charge is 0.282 e. The van der Waals surface area contributed by atoms with Crippen molar-refractivity contribution in [3.05, 3.63) is 23.7 Å². The van der Waals surface area contributed by atoms with Gasteiger partial charge >= 0.3 is 0 Å². The second kappa shape index (κ2) is 4.35. The normalized spacial score (nSPS) is 11.7. The van der Waals surface area contributed by atoms with Crippen molar-refractivity contribution in [2.45, 2.75) is 39.5 Å². The highest BCUT2D eigenvalue weighted by molar-refractivity contribution is 5.62. The van der Waals surface area contributed by atoms with E-state index in [1.54, 1.807) is 0 Å². The van der Waals surface area contributed by atoms with Crippen LogP contribution in [0.4, 0.5) is 0 Å². The maximum absolute atomic E-state index is 4.50. The van der Waals surface area contributed by atoms with E-state index in [-0.39, 0.29) is 0 Å². The summed E-state index contributed by atoms with van der Waals surface area (Å²) in [5, 5.41) is 12.0. The lowest BCUT2D eigenvalue weighted by atomic mass is 10.0. The lowest BCUT2D eigenvalue weighted by Gasteiger charge is -2.02. The molecule has 2 aromatic heterocycles. The predicted octanol–water partition coefficient (Wildman–Crippen LogP) is 3.06. The van der Waals surface area contributed by atoms with Crippen molar-refractivity contribution in [1.82, 2.24) is 20.0 Å². The molecule has 2 rings (SSSR count). The van der Waals surface area contributed by atoms with Gasteiger partial charge in [-0.1, -0.05) is 27.7 Å². The van der Waals surface area contributed by atoms with Crippen LogP contribution in [0.5, 0.6) is 0 Å². The Bertz CT molecular complexity index is 505. The highest BCUT2D eigenvalue weighted by atomic mass is 15.3. The van der Waals surface area contributed by atoms with Crippen molar-refractivity contribution in [1.29, 1.82) is 0 Å². The third-order valence-corrected chi connectivity index (χ3v) is 2.90. The molecule has 4 heteroatoms. The second-order valence-electron chi connectivity index (χ2n) is 5.12. The van der Waals surface area contributed by atoms with Crippen LogP contribution < -0.4 is 0 Å². The Morgan fingerprint density at radius 1 is 1.18 bits per heavy atom. The molecule has 0 amide bonds. The fourth-order valence-corrected chi connectivity index (χ4v) is 1.90. The Hall–Kier alpha value is -1.58. The fourth-order valence-electron chi connectivity index (χ4n) is 1.90. The minimum Gasteiger partial charge on any atom is -0.282 e. The quantitative estimate of drug-likeness (QED) is 0.884. The third-order valence-electron chi connectivity index (χ3n) is 2.90. The lowest BCUT2D eigenvalue weighted by molar-refractivity contribution is 0.713. The van der Waals surface area contributed by atoms with Gasteiger partial charge in [0.2, 0.25) is 0 Å². The molecule has 2 aromatic rings. The molecule has 0 spiro atoms. The summed E-state index contributed by atoms with van der Waals surface area (Å²) in [6.45, 7) is 8.62. The van der Waals surface area contributed by atoms with Gasteiger partial charge in [-0.05, 0) is 17.9 Å². The molecule has 0 aliphatic heterocycles. The molecule has 92 valence electrons. The molecule has 0 bridgehead atoms. The van der Waals surface area contributed by atoms with Crippen LogP contribution >= 0.6 is 0 Å². The summed E-state index contributed by atoms with van der Waals surface area (Å²) < 4.78 is 1.86. The molecule has 0 radical (unpaired) electrons. The first kappa shape index (κ1) is 11.9. The number of rotatable bonds is 3. The summed E-state index contributed by atoms with van der Waals surface area (Å²) in [5.74, 6) is 0.876. The van der Waals surface area contributed by atoms with Crippen LogP contribution in [0, 0.1) is 0 Å². The number of nitrogens with one attached hydrogen (secondary N) is 1. The van der Waals surface area contributed by atoms with E-state index in [4.69, 9.17) is 0 Å². The van der Waals surface area contributed by atoms with Crippen molar-refractivity contribution in [2.24, 2.45) is 7.05 Å². The zero-order valence-electron chi connectivity index (χ0n) is 11.2. The van der Waals surface area contributed by atoms with Crippen LogP contribution in [0.3, 0.4) is 0 Å². The summed E-state index contributed by atoms with van der Waals surface area (Å²) in [6.07, 6.45) is 2.04. The van der Waals surface area contributed by atoms with Crippen molar-refractivity contribution < 1.29 is 0 Å². The predicted molar refractivity (Wildman–Crippen MR) is 69.0 cm³/mol. The van der Waals surface area contributed by atoms with Gasteiger partial charge < -0.3 is 0 Å². The molecule has 0 aliphatic carbocycles. The van der Waals surface area contributed by atoms with Gasteiger partial charge in [0.15, 0.2) is 0 Å². The molecule has 4 nitrogen and oxygen atoms in total. The van der Waals surface area contributed by atoms with E-state index >= 15 is 0 Å². The molecule has 0 fully saturated rings. The van der Waals surface area contributed by atoms with Gasteiger partial charge in [-0.3, -0.25) is 9.78 Å². The van der Waals surface area contributed by atoms with E-state index in [2.05, 4.69) is 49.1 Å². The van der Waals surface area contributed by atoms with Crippen LogP contribution in [0.1, 0.15) is 50.9 Å². The van der Waals surface area contributed by atoms with Crippen molar-refractivity contribution in [3.63, 3.8) is 0 Å². The minimum absolute atomic E-state index is 0.408. The fraction of sp³-hybridized carbons (Fsp3) is 0.538. The molecule has 0 saturated heterocycles. The first-order valence-electron chi connectivity index (χ1n) is 6.08. The van der Waals surface area contributed by atoms with E-state index in [1.807, 2.05) is 17.9 Å². The van der Waals surface area contributed by atoms with E-state index < -0.39 is 0 Å². The van der Waals surface area contributed by atoms with Gasteiger partial charge in [0.1, 0.15) is 0 Å². The molecular formula is C13H20N4. The highest BCUT2D eigenvalue weighted by Crippen LogP contribution is 2.28. The van der Waals surface area contributed by atoms with Crippen molar-refractivity contribution in [3.8, 4) is 11.3 Å². The Labute approximate surface area is 102 Å². The first-order valence-corrected chi connectivity index (χ1v) is 6.08. The van der Waals surface area contributed by atoms with Crippen molar-refractivity contribution >= 4 is 0 Å². The highest BCUT2D eigenvalue weighted by Gasteiger charge is 2.16. The molecule has 17 heavy (non-hydrogen) atoms. The summed E-state index contributed by atoms with van der Waals surface area (Å²) in [4.78, 5) is 0. The smallest absolute Gasteiger partial charge is 0.0958 e. The summed E-state index contributed by atoms with van der Waals surface area (Å²) in [6, 6.07) is 2.12. The van der Waals surface area contributed by atoms with Crippen LogP contribution in [-0.4, -0.2) is 20.0 Å². The maximum atomic E-state index is 4.50. The molecule has 0 aliphatic rings. The Balaban J connectivity index is 2.44. The summed E-state index contributed by atoms with van der Waals surface area (Å²) in [5.41, 5.74) is 4.39. The number of aryl methyl sites for hydroxylation is 1. The van der Waals surface area contributed by atoms with E-state index in [1.165, 1.54) is 5.69 Å².